The van der Waals surface area contributed by atoms with E-state index in [-0.39, 0.29) is 81.8 Å². The Bertz CT molecular complexity index is 5100. The molecule has 0 bridgehead atoms. The Labute approximate surface area is 564 Å². The predicted octanol–water partition coefficient (Wildman–Crippen LogP) is -3.37. The highest BCUT2D eigenvalue weighted by Crippen LogP contribution is 2.55. The number of aromatic nitrogens is 16. The molecule has 8 aromatic rings. The second kappa shape index (κ2) is 28.2. The van der Waals surface area contributed by atoms with Gasteiger partial charge in [-0.2, -0.15) is 15.0 Å². The van der Waals surface area contributed by atoms with E-state index in [0.717, 1.165) is 32.6 Å². The number of anilines is 4. The molecule has 13 heterocycles. The molecule has 13 rings (SSSR count). The maximum absolute atomic E-state index is 14.2. The van der Waals surface area contributed by atoms with Crippen LogP contribution in [0, 0.1) is 6.92 Å². The lowest BCUT2D eigenvalue weighted by Crippen LogP contribution is -2.33. The first-order valence-electron chi connectivity index (χ1n) is 30.3. The van der Waals surface area contributed by atoms with Crippen LogP contribution in [0.15, 0.2) is 66.2 Å². The molecule has 0 radical (unpaired) electrons. The summed E-state index contributed by atoms with van der Waals surface area (Å²) in [4.78, 5) is 159. The van der Waals surface area contributed by atoms with Crippen molar-refractivity contribution in [3.05, 3.63) is 106 Å². The maximum Gasteiger partial charge on any atom is 0.472 e. The number of aryl methyl sites for hydroxylation is 1. The van der Waals surface area contributed by atoms with Crippen molar-refractivity contribution < 1.29 is 108 Å². The third-order valence-electron chi connectivity index (χ3n) is 16.7. The van der Waals surface area contributed by atoms with Gasteiger partial charge in [-0.05, 0) is 13.0 Å². The van der Waals surface area contributed by atoms with E-state index in [2.05, 4.69) is 54.8 Å². The molecule has 552 valence electrons. The quantitative estimate of drug-likeness (QED) is 0.0235. The Hall–Kier alpha value is -8.03. The van der Waals surface area contributed by atoms with E-state index < -0.39 is 203 Å². The molecule has 5 fully saturated rings. The van der Waals surface area contributed by atoms with Crippen LogP contribution >= 0.6 is 31.3 Å². The molecule has 53 heteroatoms. The van der Waals surface area contributed by atoms with Gasteiger partial charge in [0.1, 0.15) is 104 Å². The lowest BCUT2D eigenvalue weighted by molar-refractivity contribution is -0.0641. The Morgan fingerprint density at radius 3 is 1.54 bits per heavy atom. The fraction of sp³-hybridized carbons (Fsp3) is 0.531. The number of fused-ring (bicyclic) bond motifs is 3. The lowest BCUT2D eigenvalue weighted by atomic mass is 10.2. The highest BCUT2D eigenvalue weighted by atomic mass is 31.2. The van der Waals surface area contributed by atoms with Crippen LogP contribution in [0.2, 0.25) is 0 Å². The number of H-pyrrole nitrogens is 4. The summed E-state index contributed by atoms with van der Waals surface area (Å²) in [7, 11) is -21.7. The summed E-state index contributed by atoms with van der Waals surface area (Å²) in [5.74, 6) is -0.849. The van der Waals surface area contributed by atoms with Gasteiger partial charge >= 0.3 is 48.4 Å². The Morgan fingerprint density at radius 2 is 0.990 bits per heavy atom. The first-order valence-corrected chi connectivity index (χ1v) is 36.3. The number of phosphoric acid groups is 4. The van der Waals surface area contributed by atoms with Crippen molar-refractivity contribution in [2.45, 2.75) is 131 Å². The monoisotopic (exact) mass is 1520 g/mol. The Balaban J connectivity index is 0.704. The van der Waals surface area contributed by atoms with Crippen LogP contribution < -0.4 is 56.7 Å². The molecule has 0 spiro atoms. The second-order valence-corrected chi connectivity index (χ2v) is 29.2. The molecule has 18 N–H and O–H groups in total. The number of hydrogen-bond acceptors (Lipinski definition) is 36. The zero-order valence-corrected chi connectivity index (χ0v) is 55.8. The smallest absolute Gasteiger partial charge is 0.394 e. The number of hydrogen-bond donors (Lipinski definition) is 14. The normalized spacial score (nSPS) is 29.2. The minimum absolute atomic E-state index is 0.0135. The van der Waals surface area contributed by atoms with Crippen LogP contribution in [-0.4, -0.2) is 202 Å². The van der Waals surface area contributed by atoms with E-state index in [0.29, 0.717) is 0 Å². The van der Waals surface area contributed by atoms with Crippen molar-refractivity contribution in [2.75, 3.05) is 56.0 Å². The number of aliphatic hydroxyl groups is 2. The fourth-order valence-electron chi connectivity index (χ4n) is 12.0. The van der Waals surface area contributed by atoms with Gasteiger partial charge in [0.15, 0.2) is 33.8 Å². The van der Waals surface area contributed by atoms with E-state index in [1.165, 1.54) is 34.6 Å². The van der Waals surface area contributed by atoms with Crippen molar-refractivity contribution >= 4 is 88.3 Å². The average Bonchev–Trinajstić information content (AvgIpc) is 1.63. The molecular formula is C49H62N20O29P4. The summed E-state index contributed by atoms with van der Waals surface area (Å²) in [6, 6.07) is 1.28. The Kier molecular flexibility index (Phi) is 20.0. The summed E-state index contributed by atoms with van der Waals surface area (Å²) in [5, 5.41) is 21.1. The molecule has 8 aromatic heterocycles. The van der Waals surface area contributed by atoms with E-state index in [9.17, 15) is 76.8 Å². The first kappa shape index (κ1) is 72.3. The van der Waals surface area contributed by atoms with E-state index in [1.807, 2.05) is 0 Å². The average molecular weight is 1520 g/mol. The molecule has 0 aromatic carbocycles. The van der Waals surface area contributed by atoms with Crippen LogP contribution in [0.25, 0.3) is 33.5 Å². The molecule has 49 nitrogen and oxygen atoms in total. The van der Waals surface area contributed by atoms with Crippen LogP contribution in [0.1, 0.15) is 68.8 Å². The molecule has 0 aliphatic carbocycles. The van der Waals surface area contributed by atoms with Gasteiger partial charge in [0.2, 0.25) is 11.9 Å². The van der Waals surface area contributed by atoms with Gasteiger partial charge in [-0.25, -0.2) is 57.1 Å². The summed E-state index contributed by atoms with van der Waals surface area (Å²) >= 11 is 0. The minimum Gasteiger partial charge on any atom is -0.394 e. The SMILES string of the molecule is Cc1cn([C@H]2C[C@H](OP(=O)(O)OC[C@H]3O[C@@H](n4cnc5c(N)ncnc54)C[C@@H]3OP(=O)(O)OC[C@H]3O[C@@H](n4c(=O)[nH]c5c(=O)[nH]c(N)nc54)C[C@@H]3O)[C@@H](COP(=O)(O)O[C@H]3C[C@H](n4cnc5c(=O)[nH]c(N)nc54)O[C@@H]3COP(=O)(O)O[C@H]3C[C@H](n4ccc(N)nc4=O)O[C@@H]3CO)O2)c(=O)[nH]c1=O. The van der Waals surface area contributed by atoms with Crippen molar-refractivity contribution in [2.24, 2.45) is 0 Å². The number of nitrogens with two attached hydrogens (primary N) is 4. The highest BCUT2D eigenvalue weighted by molar-refractivity contribution is 7.48. The molecule has 0 amide bonds. The number of imidazole rings is 3. The predicted molar refractivity (Wildman–Crippen MR) is 335 cm³/mol. The van der Waals surface area contributed by atoms with Gasteiger partial charge in [0, 0.05) is 50.1 Å². The van der Waals surface area contributed by atoms with Crippen LogP contribution in [-0.2, 0) is 78.1 Å². The molecule has 5 aliphatic heterocycles. The largest absolute Gasteiger partial charge is 0.472 e. The second-order valence-electron chi connectivity index (χ2n) is 23.5. The Morgan fingerprint density at radius 1 is 0.520 bits per heavy atom. The number of nitrogens with zero attached hydrogens (tertiary/aromatic N) is 12. The molecule has 19 atom stereocenters. The third-order valence-corrected chi connectivity index (χ3v) is 20.8. The topological polar surface area (TPSA) is 694 Å². The van der Waals surface area contributed by atoms with Crippen molar-refractivity contribution in [3.63, 3.8) is 0 Å². The summed E-state index contributed by atoms with van der Waals surface area (Å²) in [6.07, 6.45) is -18.4. The number of nitrogen functional groups attached to an aromatic ring is 4. The number of aliphatic hydroxyl groups excluding tert-OH is 2. The van der Waals surface area contributed by atoms with Crippen molar-refractivity contribution in [1.29, 1.82) is 0 Å². The van der Waals surface area contributed by atoms with Crippen LogP contribution in [0.3, 0.4) is 0 Å². The molecule has 102 heavy (non-hydrogen) atoms. The van der Waals surface area contributed by atoms with Gasteiger partial charge in [-0.15, -0.1) is 0 Å². The van der Waals surface area contributed by atoms with Gasteiger partial charge in [-0.3, -0.25) is 88.8 Å². The number of ether oxygens (including phenoxy) is 5. The first-order chi connectivity index (χ1) is 48.3. The van der Waals surface area contributed by atoms with Crippen LogP contribution in [0.4, 0.5) is 23.5 Å². The van der Waals surface area contributed by atoms with E-state index in [1.54, 1.807) is 0 Å². The molecule has 5 saturated heterocycles. The highest BCUT2D eigenvalue weighted by Gasteiger charge is 2.50. The maximum atomic E-state index is 14.2. The zero-order chi connectivity index (χ0) is 72.6. The lowest BCUT2D eigenvalue weighted by Gasteiger charge is -2.25. The number of nitrogens with one attached hydrogen (secondary N) is 4. The van der Waals surface area contributed by atoms with Crippen LogP contribution in [0.5, 0.6) is 0 Å². The number of phosphoric ester groups is 4. The van der Waals surface area contributed by atoms with Gasteiger partial charge in [-0.1, -0.05) is 0 Å². The minimum atomic E-state index is -5.54. The van der Waals surface area contributed by atoms with Gasteiger partial charge in [0.25, 0.3) is 16.7 Å². The van der Waals surface area contributed by atoms with E-state index >= 15 is 0 Å². The summed E-state index contributed by atoms with van der Waals surface area (Å²) in [6.45, 7) is -3.40. The molecule has 4 unspecified atom stereocenters. The molecular weight excluding hydrogens is 1460 g/mol. The standard InChI is InChI=1S/C49H62N20O29P4/c1-18-9-66(48(76)64-42(18)72)31-6-21(26(92-31)12-88-102(84,85)98-23-8-33(68-17-57-36-40(68)60-45(52)62-43(36)73)94-28(23)14-87-100(80,81)95-20-5-30(90-24(20)10-70)65-3-2-29(50)58-47(65)75)96-101(82,83)89-13-27-22(7-32(93-27)67-16-56-35-38(51)54-15-55-39(35)67)97-99(78,79)86-11-25-19(71)4-34(91-25)69-41-37(59-49(69)77)44(74)63-46(53)61-41/h2-3,9,15-17,19-28,30-34,70-71H,4-8,10-14H2,1H3,(H,59,77)(H,78,79)(H,80,81)(H,82,83)(H,84,85)(H2,50,58,75)(H2,51,54,55)(H,64,72,76)(H3,52,60,62,73)(H3,53,61,63,74)/t19-,20-,21-,22-,23-,24+,25+,26+,27+,28+,30+,31+,32+,33+,34+/m0/s1. The summed E-state index contributed by atoms with van der Waals surface area (Å²) < 4.78 is 135. The summed E-state index contributed by atoms with van der Waals surface area (Å²) in [5.41, 5.74) is 17.4. The van der Waals surface area contributed by atoms with Crippen molar-refractivity contribution in [1.82, 2.24) is 77.7 Å². The molecule has 5 aliphatic rings. The van der Waals surface area contributed by atoms with Crippen molar-refractivity contribution in [3.8, 4) is 0 Å². The van der Waals surface area contributed by atoms with E-state index in [4.69, 9.17) is 82.8 Å². The van der Waals surface area contributed by atoms with Gasteiger partial charge in [0.05, 0.1) is 51.8 Å². The van der Waals surface area contributed by atoms with Gasteiger partial charge < -0.3 is 76.4 Å². The number of aromatic amines is 4. The molecule has 0 saturated carbocycles. The fourth-order valence-corrected chi connectivity index (χ4v) is 15.9. The third kappa shape index (κ3) is 15.3. The number of rotatable bonds is 26. The zero-order valence-electron chi connectivity index (χ0n) is 52.2.